The number of nitrogens with one attached hydrogen (secondary N) is 1. The Morgan fingerprint density at radius 3 is 2.46 bits per heavy atom. The summed E-state index contributed by atoms with van der Waals surface area (Å²) in [6, 6.07) is 3.73. The number of carbonyl (C=O) groups is 1. The SMILES string of the molecule is COc1ccc(/C=C/C(=O)N2CC[C@@H]3CNC[C@@H]3CC2)c(C(F)(F)F)c1. The number of fused-ring (bicyclic) bond motifs is 1. The van der Waals surface area contributed by atoms with Crippen molar-refractivity contribution in [2.75, 3.05) is 33.3 Å². The first kappa shape index (κ1) is 18.8. The second-order valence-electron chi connectivity index (χ2n) is 6.87. The molecule has 2 saturated heterocycles. The van der Waals surface area contributed by atoms with E-state index in [0.717, 1.165) is 32.0 Å². The third kappa shape index (κ3) is 4.20. The molecule has 0 unspecified atom stereocenters. The van der Waals surface area contributed by atoms with Crippen molar-refractivity contribution < 1.29 is 22.7 Å². The van der Waals surface area contributed by atoms with Crippen LogP contribution in [0.5, 0.6) is 5.75 Å². The smallest absolute Gasteiger partial charge is 0.417 e. The summed E-state index contributed by atoms with van der Waals surface area (Å²) in [7, 11) is 1.32. The monoisotopic (exact) mass is 368 g/mol. The molecule has 0 bridgehead atoms. The number of halogens is 3. The maximum absolute atomic E-state index is 13.2. The Balaban J connectivity index is 1.72. The quantitative estimate of drug-likeness (QED) is 0.834. The number of methoxy groups -OCH3 is 1. The normalized spacial score (nSPS) is 23.8. The van der Waals surface area contributed by atoms with E-state index in [1.165, 1.54) is 31.4 Å². The molecule has 1 amide bonds. The first-order valence-electron chi connectivity index (χ1n) is 8.81. The van der Waals surface area contributed by atoms with Crippen molar-refractivity contribution in [3.05, 3.63) is 35.4 Å². The highest BCUT2D eigenvalue weighted by molar-refractivity contribution is 5.92. The van der Waals surface area contributed by atoms with Crippen molar-refractivity contribution in [3.8, 4) is 5.75 Å². The van der Waals surface area contributed by atoms with Crippen LogP contribution in [0.25, 0.3) is 6.08 Å². The van der Waals surface area contributed by atoms with Gasteiger partial charge in [0.1, 0.15) is 5.75 Å². The standard InChI is InChI=1S/C19H23F3N2O2/c1-26-16-4-2-13(17(10-16)19(20,21)22)3-5-18(25)24-8-6-14-11-23-12-15(14)7-9-24/h2-5,10,14-15,23H,6-9,11-12H2,1H3/b5-3+/t14-,15+. The lowest BCUT2D eigenvalue weighted by molar-refractivity contribution is -0.137. The zero-order chi connectivity index (χ0) is 18.7. The minimum atomic E-state index is -4.51. The van der Waals surface area contributed by atoms with Crippen LogP contribution in [0.1, 0.15) is 24.0 Å². The van der Waals surface area contributed by atoms with Gasteiger partial charge in [-0.05, 0) is 61.5 Å². The summed E-state index contributed by atoms with van der Waals surface area (Å²) < 4.78 is 44.6. The van der Waals surface area contributed by atoms with Gasteiger partial charge in [0.05, 0.1) is 12.7 Å². The number of benzene rings is 1. The van der Waals surface area contributed by atoms with Gasteiger partial charge < -0.3 is 15.0 Å². The lowest BCUT2D eigenvalue weighted by atomic mass is 9.92. The number of ether oxygens (including phenoxy) is 1. The number of hydrogen-bond donors (Lipinski definition) is 1. The van der Waals surface area contributed by atoms with E-state index < -0.39 is 11.7 Å². The predicted octanol–water partition coefficient (Wildman–Crippen LogP) is 3.19. The fourth-order valence-corrected chi connectivity index (χ4v) is 3.76. The molecule has 2 atom stereocenters. The van der Waals surface area contributed by atoms with E-state index in [4.69, 9.17) is 4.74 Å². The minimum Gasteiger partial charge on any atom is -0.497 e. The van der Waals surface area contributed by atoms with Crippen LogP contribution < -0.4 is 10.1 Å². The topological polar surface area (TPSA) is 41.6 Å². The summed E-state index contributed by atoms with van der Waals surface area (Å²) in [6.45, 7) is 3.29. The Hall–Kier alpha value is -2.02. The highest BCUT2D eigenvalue weighted by atomic mass is 19.4. The summed E-state index contributed by atoms with van der Waals surface area (Å²) in [5.74, 6) is 1.08. The summed E-state index contributed by atoms with van der Waals surface area (Å²) in [4.78, 5) is 14.2. The molecule has 4 nitrogen and oxygen atoms in total. The Labute approximate surface area is 151 Å². The van der Waals surface area contributed by atoms with Crippen LogP contribution in [0.2, 0.25) is 0 Å². The van der Waals surface area contributed by atoms with E-state index in [2.05, 4.69) is 5.32 Å². The molecule has 1 aromatic rings. The molecule has 142 valence electrons. The molecule has 0 radical (unpaired) electrons. The van der Waals surface area contributed by atoms with E-state index in [0.29, 0.717) is 24.9 Å². The summed E-state index contributed by atoms with van der Waals surface area (Å²) in [6.07, 6.45) is -0.139. The van der Waals surface area contributed by atoms with Crippen molar-refractivity contribution in [3.63, 3.8) is 0 Å². The van der Waals surface area contributed by atoms with Crippen LogP contribution in [0.4, 0.5) is 13.2 Å². The molecule has 0 aliphatic carbocycles. The highest BCUT2D eigenvalue weighted by Gasteiger charge is 2.34. The highest BCUT2D eigenvalue weighted by Crippen LogP contribution is 2.35. The molecule has 0 saturated carbocycles. The average Bonchev–Trinajstić information content (AvgIpc) is 2.97. The number of amides is 1. The number of carbonyl (C=O) groups excluding carboxylic acids is 1. The molecule has 1 aromatic carbocycles. The number of hydrogen-bond acceptors (Lipinski definition) is 3. The maximum atomic E-state index is 13.2. The van der Waals surface area contributed by atoms with E-state index >= 15 is 0 Å². The molecule has 2 aliphatic heterocycles. The Bertz CT molecular complexity index is 674. The fourth-order valence-electron chi connectivity index (χ4n) is 3.76. The Morgan fingerprint density at radius 2 is 1.88 bits per heavy atom. The molecule has 0 spiro atoms. The molecule has 26 heavy (non-hydrogen) atoms. The van der Waals surface area contributed by atoms with Gasteiger partial charge in [0.2, 0.25) is 5.91 Å². The van der Waals surface area contributed by atoms with Gasteiger partial charge >= 0.3 is 6.18 Å². The van der Waals surface area contributed by atoms with E-state index in [9.17, 15) is 18.0 Å². The lowest BCUT2D eigenvalue weighted by Crippen LogP contribution is -2.31. The fraction of sp³-hybridized carbons (Fsp3) is 0.526. The molecule has 3 rings (SSSR count). The van der Waals surface area contributed by atoms with Crippen LogP contribution in [-0.2, 0) is 11.0 Å². The molecule has 2 fully saturated rings. The minimum absolute atomic E-state index is 0.0393. The first-order chi connectivity index (χ1) is 12.4. The first-order valence-corrected chi connectivity index (χ1v) is 8.81. The summed E-state index contributed by atoms with van der Waals surface area (Å²) in [5, 5.41) is 3.38. The van der Waals surface area contributed by atoms with Crippen LogP contribution in [0.15, 0.2) is 24.3 Å². The van der Waals surface area contributed by atoms with Gasteiger partial charge in [-0.25, -0.2) is 0 Å². The third-order valence-corrected chi connectivity index (χ3v) is 5.30. The van der Waals surface area contributed by atoms with Crippen molar-refractivity contribution in [2.24, 2.45) is 11.8 Å². The molecule has 1 N–H and O–H groups in total. The van der Waals surface area contributed by atoms with Crippen molar-refractivity contribution >= 4 is 12.0 Å². The maximum Gasteiger partial charge on any atom is 0.417 e. The lowest BCUT2D eigenvalue weighted by Gasteiger charge is -2.19. The Kier molecular flexibility index (Phi) is 5.55. The molecule has 7 heteroatoms. The van der Waals surface area contributed by atoms with Crippen LogP contribution >= 0.6 is 0 Å². The van der Waals surface area contributed by atoms with Crippen LogP contribution in [0.3, 0.4) is 0 Å². The zero-order valence-corrected chi connectivity index (χ0v) is 14.7. The van der Waals surface area contributed by atoms with Crippen molar-refractivity contribution in [1.82, 2.24) is 10.2 Å². The molecule has 2 heterocycles. The van der Waals surface area contributed by atoms with Crippen molar-refractivity contribution in [2.45, 2.75) is 19.0 Å². The van der Waals surface area contributed by atoms with Gasteiger partial charge in [0.15, 0.2) is 0 Å². The summed E-state index contributed by atoms with van der Waals surface area (Å²) >= 11 is 0. The molecule has 0 aromatic heterocycles. The third-order valence-electron chi connectivity index (χ3n) is 5.30. The number of likely N-dealkylation sites (tertiary alicyclic amines) is 1. The van der Waals surface area contributed by atoms with E-state index in [1.54, 1.807) is 4.90 Å². The molecular formula is C19H23F3N2O2. The molecular weight excluding hydrogens is 345 g/mol. The van der Waals surface area contributed by atoms with Crippen LogP contribution in [0, 0.1) is 11.8 Å². The van der Waals surface area contributed by atoms with Gasteiger partial charge in [-0.2, -0.15) is 13.2 Å². The van der Waals surface area contributed by atoms with Gasteiger partial charge in [0.25, 0.3) is 0 Å². The zero-order valence-electron chi connectivity index (χ0n) is 14.7. The average molecular weight is 368 g/mol. The second-order valence-corrected chi connectivity index (χ2v) is 6.87. The number of alkyl halides is 3. The second kappa shape index (κ2) is 7.70. The van der Waals surface area contributed by atoms with E-state index in [1.807, 2.05) is 0 Å². The largest absolute Gasteiger partial charge is 0.497 e. The van der Waals surface area contributed by atoms with Crippen LogP contribution in [-0.4, -0.2) is 44.1 Å². The van der Waals surface area contributed by atoms with Crippen molar-refractivity contribution in [1.29, 1.82) is 0 Å². The van der Waals surface area contributed by atoms with Gasteiger partial charge in [-0.3, -0.25) is 4.79 Å². The number of nitrogens with zero attached hydrogens (tertiary/aromatic N) is 1. The molecule has 2 aliphatic rings. The summed E-state index contributed by atoms with van der Waals surface area (Å²) in [5.41, 5.74) is -0.847. The predicted molar refractivity (Wildman–Crippen MR) is 92.7 cm³/mol. The van der Waals surface area contributed by atoms with Gasteiger partial charge in [0, 0.05) is 19.2 Å². The number of rotatable bonds is 3. The Morgan fingerprint density at radius 1 is 1.23 bits per heavy atom. The van der Waals surface area contributed by atoms with Gasteiger partial charge in [-0.15, -0.1) is 0 Å². The van der Waals surface area contributed by atoms with E-state index in [-0.39, 0.29) is 17.2 Å². The van der Waals surface area contributed by atoms with Gasteiger partial charge in [-0.1, -0.05) is 6.07 Å².